The van der Waals surface area contributed by atoms with E-state index in [9.17, 15) is 4.79 Å². The quantitative estimate of drug-likeness (QED) is 0.856. The molecule has 1 aliphatic rings. The summed E-state index contributed by atoms with van der Waals surface area (Å²) in [6.45, 7) is 6.15. The molecule has 0 aromatic carbocycles. The van der Waals surface area contributed by atoms with Gasteiger partial charge in [0.05, 0.1) is 11.7 Å². The second-order valence-corrected chi connectivity index (χ2v) is 6.18. The summed E-state index contributed by atoms with van der Waals surface area (Å²) in [5.74, 6) is 2.74. The topological polar surface area (TPSA) is 32.3 Å². The van der Waals surface area contributed by atoms with E-state index in [1.54, 1.807) is 0 Å². The van der Waals surface area contributed by atoms with Gasteiger partial charge in [0.2, 0.25) is 5.91 Å². The Morgan fingerprint density at radius 3 is 3.00 bits per heavy atom. The van der Waals surface area contributed by atoms with E-state index in [0.29, 0.717) is 0 Å². The maximum absolute atomic E-state index is 12.6. The summed E-state index contributed by atoms with van der Waals surface area (Å²) in [5.41, 5.74) is 1.87. The highest BCUT2D eigenvalue weighted by molar-refractivity contribution is 7.11. The molecule has 0 spiro atoms. The third-order valence-corrected chi connectivity index (χ3v) is 4.81. The van der Waals surface area contributed by atoms with Crippen molar-refractivity contribution in [3.05, 3.63) is 15.8 Å². The predicted octanol–water partition coefficient (Wildman–Crippen LogP) is 3.66. The summed E-state index contributed by atoms with van der Waals surface area (Å²) < 4.78 is 0. The van der Waals surface area contributed by atoms with Gasteiger partial charge in [0.25, 0.3) is 0 Å². The molecule has 0 aliphatic carbocycles. The third kappa shape index (κ3) is 4.23. The van der Waals surface area contributed by atoms with Gasteiger partial charge in [0.15, 0.2) is 0 Å². The Bertz CT molecular complexity index is 519. The van der Waals surface area contributed by atoms with Gasteiger partial charge in [-0.2, -0.15) is 0 Å². The van der Waals surface area contributed by atoms with Gasteiger partial charge in [-0.15, -0.1) is 30.2 Å². The number of hydrogen-bond acceptors (Lipinski definition) is 3. The van der Waals surface area contributed by atoms with E-state index in [1.807, 2.05) is 12.3 Å². The molecule has 1 aromatic rings. The average Bonchev–Trinajstić information content (AvgIpc) is 2.80. The van der Waals surface area contributed by atoms with Gasteiger partial charge in [0.1, 0.15) is 4.88 Å². The van der Waals surface area contributed by atoms with Crippen molar-refractivity contribution >= 4 is 35.3 Å². The maximum Gasteiger partial charge on any atom is 0.241 e. The standard InChI is InChI=1S/C16H22N2OS.ClH/c1-4-9-18-10-7-6-8-13(18)16(19)17-15-12(3)11-20-14(15)5-2;/h2,11,13H,4,6-10H2,1,3H3,(H,17,19);1H. The Labute approximate surface area is 137 Å². The summed E-state index contributed by atoms with van der Waals surface area (Å²) in [5, 5.41) is 5.05. The smallest absolute Gasteiger partial charge is 0.241 e. The van der Waals surface area contributed by atoms with Crippen LogP contribution in [0.5, 0.6) is 0 Å². The highest BCUT2D eigenvalue weighted by Crippen LogP contribution is 2.28. The lowest BCUT2D eigenvalue weighted by molar-refractivity contribution is -0.122. The zero-order chi connectivity index (χ0) is 14.5. The van der Waals surface area contributed by atoms with Crippen LogP contribution in [0.1, 0.15) is 43.0 Å². The minimum Gasteiger partial charge on any atom is -0.323 e. The Kier molecular flexibility index (Phi) is 7.24. The first kappa shape index (κ1) is 18.0. The molecule has 0 bridgehead atoms. The van der Waals surface area contributed by atoms with Crippen LogP contribution in [-0.4, -0.2) is 29.9 Å². The van der Waals surface area contributed by atoms with Crippen molar-refractivity contribution in [2.45, 2.75) is 45.6 Å². The molecule has 1 atom stereocenters. The lowest BCUT2D eigenvalue weighted by Gasteiger charge is -2.34. The monoisotopic (exact) mass is 326 g/mol. The fourth-order valence-electron chi connectivity index (χ4n) is 2.76. The number of carbonyl (C=O) groups excluding carboxylic acids is 1. The van der Waals surface area contributed by atoms with Crippen LogP contribution in [0.2, 0.25) is 0 Å². The number of rotatable bonds is 4. The second-order valence-electron chi connectivity index (χ2n) is 5.30. The molecule has 0 saturated carbocycles. The highest BCUT2D eigenvalue weighted by Gasteiger charge is 2.28. The Balaban J connectivity index is 0.00000220. The molecule has 116 valence electrons. The van der Waals surface area contributed by atoms with E-state index in [1.165, 1.54) is 17.8 Å². The Morgan fingerprint density at radius 1 is 1.57 bits per heavy atom. The minimum atomic E-state index is -0.00590. The SMILES string of the molecule is C#Cc1scc(C)c1NC(=O)C1CCCCN1CCC.Cl. The number of hydrogen-bond donors (Lipinski definition) is 1. The van der Waals surface area contributed by atoms with E-state index < -0.39 is 0 Å². The van der Waals surface area contributed by atoms with Crippen LogP contribution in [0, 0.1) is 19.3 Å². The summed E-state index contributed by atoms with van der Waals surface area (Å²) in [6, 6.07) is -0.00590. The minimum absolute atomic E-state index is 0. The number of terminal acetylenes is 1. The molecule has 5 heteroatoms. The van der Waals surface area contributed by atoms with Crippen molar-refractivity contribution in [2.75, 3.05) is 18.4 Å². The van der Waals surface area contributed by atoms with Gasteiger partial charge in [0, 0.05) is 0 Å². The van der Waals surface area contributed by atoms with Crippen molar-refractivity contribution in [1.82, 2.24) is 4.90 Å². The number of amides is 1. The average molecular weight is 327 g/mol. The summed E-state index contributed by atoms with van der Waals surface area (Å²) in [7, 11) is 0. The van der Waals surface area contributed by atoms with E-state index in [-0.39, 0.29) is 24.4 Å². The number of nitrogens with one attached hydrogen (secondary N) is 1. The molecule has 1 fully saturated rings. The summed E-state index contributed by atoms with van der Waals surface area (Å²) >= 11 is 1.51. The van der Waals surface area contributed by atoms with E-state index >= 15 is 0 Å². The number of aryl methyl sites for hydroxylation is 1. The number of thiophene rings is 1. The molecular formula is C16H23ClN2OS. The van der Waals surface area contributed by atoms with Gasteiger partial charge >= 0.3 is 0 Å². The Morgan fingerprint density at radius 2 is 2.33 bits per heavy atom. The first-order chi connectivity index (χ1) is 9.67. The molecule has 2 rings (SSSR count). The first-order valence-corrected chi connectivity index (χ1v) is 8.15. The molecule has 1 aromatic heterocycles. The van der Waals surface area contributed by atoms with Crippen LogP contribution in [-0.2, 0) is 4.79 Å². The van der Waals surface area contributed by atoms with Crippen molar-refractivity contribution < 1.29 is 4.79 Å². The van der Waals surface area contributed by atoms with E-state index in [2.05, 4.69) is 23.1 Å². The molecule has 1 aliphatic heterocycles. The van der Waals surface area contributed by atoms with Crippen LogP contribution in [0.3, 0.4) is 0 Å². The van der Waals surface area contributed by atoms with Gasteiger partial charge in [-0.05, 0) is 50.2 Å². The zero-order valence-corrected chi connectivity index (χ0v) is 14.3. The van der Waals surface area contributed by atoms with E-state index in [0.717, 1.165) is 48.5 Å². The van der Waals surface area contributed by atoms with Gasteiger partial charge in [-0.1, -0.05) is 19.3 Å². The fraction of sp³-hybridized carbons (Fsp3) is 0.562. The summed E-state index contributed by atoms with van der Waals surface area (Å²) in [6.07, 6.45) is 9.84. The molecule has 1 amide bonds. The number of nitrogens with zero attached hydrogens (tertiary/aromatic N) is 1. The molecule has 21 heavy (non-hydrogen) atoms. The molecule has 2 heterocycles. The van der Waals surface area contributed by atoms with Crippen LogP contribution in [0.15, 0.2) is 5.38 Å². The summed E-state index contributed by atoms with van der Waals surface area (Å²) in [4.78, 5) is 15.7. The van der Waals surface area contributed by atoms with Crippen LogP contribution in [0.4, 0.5) is 5.69 Å². The van der Waals surface area contributed by atoms with Crippen molar-refractivity contribution in [1.29, 1.82) is 0 Å². The largest absolute Gasteiger partial charge is 0.323 e. The molecule has 0 radical (unpaired) electrons. The van der Waals surface area contributed by atoms with Crippen LogP contribution < -0.4 is 5.32 Å². The van der Waals surface area contributed by atoms with Crippen LogP contribution >= 0.6 is 23.7 Å². The van der Waals surface area contributed by atoms with Crippen molar-refractivity contribution in [3.63, 3.8) is 0 Å². The zero-order valence-electron chi connectivity index (χ0n) is 12.6. The van der Waals surface area contributed by atoms with Gasteiger partial charge < -0.3 is 5.32 Å². The van der Waals surface area contributed by atoms with Gasteiger partial charge in [-0.3, -0.25) is 9.69 Å². The fourth-order valence-corrected chi connectivity index (χ4v) is 3.57. The maximum atomic E-state index is 12.6. The lowest BCUT2D eigenvalue weighted by atomic mass is 10.0. The normalized spacial score (nSPS) is 18.6. The molecule has 3 nitrogen and oxygen atoms in total. The number of likely N-dealkylation sites (tertiary alicyclic amines) is 1. The molecular weight excluding hydrogens is 304 g/mol. The number of halogens is 1. The molecule has 1 N–H and O–H groups in total. The van der Waals surface area contributed by atoms with Crippen LogP contribution in [0.25, 0.3) is 0 Å². The lowest BCUT2D eigenvalue weighted by Crippen LogP contribution is -2.47. The second kappa shape index (κ2) is 8.43. The number of piperidine rings is 1. The van der Waals surface area contributed by atoms with Crippen molar-refractivity contribution in [3.8, 4) is 12.3 Å². The first-order valence-electron chi connectivity index (χ1n) is 7.27. The number of carbonyl (C=O) groups is 1. The van der Waals surface area contributed by atoms with E-state index in [4.69, 9.17) is 6.42 Å². The Hall–Kier alpha value is -1.02. The number of anilines is 1. The molecule has 1 unspecified atom stereocenters. The molecule has 1 saturated heterocycles. The highest BCUT2D eigenvalue weighted by atomic mass is 35.5. The van der Waals surface area contributed by atoms with Crippen molar-refractivity contribution in [2.24, 2.45) is 0 Å². The third-order valence-electron chi connectivity index (χ3n) is 3.78. The predicted molar refractivity (Wildman–Crippen MR) is 92.4 cm³/mol. The van der Waals surface area contributed by atoms with Gasteiger partial charge in [-0.25, -0.2) is 0 Å².